The second kappa shape index (κ2) is 10.5. The van der Waals surface area contributed by atoms with Gasteiger partial charge in [-0.2, -0.15) is 13.2 Å². The van der Waals surface area contributed by atoms with E-state index in [0.29, 0.717) is 16.1 Å². The molecule has 3 rings (SSSR count). The average Bonchev–Trinajstić information content (AvgIpc) is 2.74. The Hall–Kier alpha value is -3.40. The molecule has 174 valence electrons. The number of pyridine rings is 1. The van der Waals surface area contributed by atoms with Crippen LogP contribution in [0.3, 0.4) is 0 Å². The molecule has 0 saturated heterocycles. The number of hydrogen-bond donors (Lipinski definition) is 2. The molecule has 7 nitrogen and oxygen atoms in total. The molecule has 0 aliphatic rings. The average molecular weight is 481 g/mol. The van der Waals surface area contributed by atoms with Gasteiger partial charge in [0.15, 0.2) is 0 Å². The van der Waals surface area contributed by atoms with Gasteiger partial charge in [-0.25, -0.2) is 4.98 Å². The molecular formula is C22H20ClF3N4O3. The summed E-state index contributed by atoms with van der Waals surface area (Å²) in [5.41, 5.74) is 0.509. The number of hydrogen-bond acceptors (Lipinski definition) is 4. The molecule has 0 saturated carbocycles. The zero-order chi connectivity index (χ0) is 24.0. The van der Waals surface area contributed by atoms with Crippen molar-refractivity contribution in [2.75, 3.05) is 0 Å². The SMILES string of the molecule is O=C(Cn1c(CCCC(F)(F)F)nc(-c2ccc(Cl)cc2)cc1=O)NCc1cc[nH]c(=O)c1. The molecule has 1 amide bonds. The first-order valence-electron chi connectivity index (χ1n) is 9.98. The predicted molar refractivity (Wildman–Crippen MR) is 117 cm³/mol. The van der Waals surface area contributed by atoms with Gasteiger partial charge >= 0.3 is 6.18 Å². The number of benzene rings is 1. The van der Waals surface area contributed by atoms with E-state index < -0.39 is 30.6 Å². The van der Waals surface area contributed by atoms with Crippen LogP contribution in [-0.2, 0) is 24.3 Å². The fourth-order valence-corrected chi connectivity index (χ4v) is 3.25. The Balaban J connectivity index is 1.83. The van der Waals surface area contributed by atoms with Crippen LogP contribution >= 0.6 is 11.6 Å². The fourth-order valence-electron chi connectivity index (χ4n) is 3.13. The third kappa shape index (κ3) is 7.31. The van der Waals surface area contributed by atoms with E-state index >= 15 is 0 Å². The molecule has 3 aromatic rings. The number of H-pyrrole nitrogens is 1. The van der Waals surface area contributed by atoms with Gasteiger partial charge in [0.05, 0.1) is 5.69 Å². The van der Waals surface area contributed by atoms with Crippen LogP contribution in [0.25, 0.3) is 11.3 Å². The van der Waals surface area contributed by atoms with Gasteiger partial charge < -0.3 is 10.3 Å². The van der Waals surface area contributed by atoms with E-state index in [1.54, 1.807) is 30.3 Å². The largest absolute Gasteiger partial charge is 0.389 e. The Bertz CT molecular complexity index is 1240. The first-order chi connectivity index (χ1) is 15.6. The van der Waals surface area contributed by atoms with Crippen molar-refractivity contribution in [3.63, 3.8) is 0 Å². The number of carbonyl (C=O) groups excluding carboxylic acids is 1. The minimum Gasteiger partial charge on any atom is -0.350 e. The number of aromatic nitrogens is 3. The Morgan fingerprint density at radius 3 is 2.52 bits per heavy atom. The molecule has 0 aliphatic carbocycles. The molecule has 2 N–H and O–H groups in total. The first-order valence-corrected chi connectivity index (χ1v) is 10.4. The Morgan fingerprint density at radius 2 is 1.85 bits per heavy atom. The molecule has 1 aromatic carbocycles. The van der Waals surface area contributed by atoms with Crippen LogP contribution in [-0.4, -0.2) is 26.6 Å². The number of alkyl halides is 3. The maximum Gasteiger partial charge on any atom is 0.389 e. The Kier molecular flexibility index (Phi) is 7.70. The summed E-state index contributed by atoms with van der Waals surface area (Å²) in [7, 11) is 0. The van der Waals surface area contributed by atoms with E-state index in [2.05, 4.69) is 15.3 Å². The molecule has 0 aliphatic heterocycles. The third-order valence-electron chi connectivity index (χ3n) is 4.72. The van der Waals surface area contributed by atoms with Crippen molar-refractivity contribution in [3.05, 3.63) is 85.8 Å². The molecule has 0 spiro atoms. The summed E-state index contributed by atoms with van der Waals surface area (Å²) in [5.74, 6) is -0.474. The quantitative estimate of drug-likeness (QED) is 0.516. The van der Waals surface area contributed by atoms with Crippen molar-refractivity contribution < 1.29 is 18.0 Å². The summed E-state index contributed by atoms with van der Waals surface area (Å²) in [6.45, 7) is -0.367. The summed E-state index contributed by atoms with van der Waals surface area (Å²) in [6.07, 6.45) is -4.37. The number of amides is 1. The molecule has 2 heterocycles. The highest BCUT2D eigenvalue weighted by Gasteiger charge is 2.26. The standard InChI is InChI=1S/C22H20ClF3N4O3/c23-16-5-3-15(4-6-16)17-11-21(33)30(18(29-17)2-1-8-22(24,25)26)13-20(32)28-12-14-7-9-27-19(31)10-14/h3-7,9-11H,1-2,8,12-13H2,(H,27,31)(H,28,32). The molecule has 33 heavy (non-hydrogen) atoms. The zero-order valence-electron chi connectivity index (χ0n) is 17.3. The highest BCUT2D eigenvalue weighted by atomic mass is 35.5. The number of aromatic amines is 1. The van der Waals surface area contributed by atoms with Crippen molar-refractivity contribution in [1.82, 2.24) is 19.9 Å². The van der Waals surface area contributed by atoms with Crippen LogP contribution in [0.2, 0.25) is 5.02 Å². The van der Waals surface area contributed by atoms with Crippen LogP contribution in [0, 0.1) is 0 Å². The van der Waals surface area contributed by atoms with Crippen molar-refractivity contribution in [2.24, 2.45) is 0 Å². The summed E-state index contributed by atoms with van der Waals surface area (Å²) >= 11 is 5.88. The Labute approximate surface area is 191 Å². The monoisotopic (exact) mass is 480 g/mol. The first kappa shape index (κ1) is 24.2. The molecular weight excluding hydrogens is 461 g/mol. The molecule has 0 radical (unpaired) electrons. The van der Waals surface area contributed by atoms with Crippen LogP contribution in [0.1, 0.15) is 24.2 Å². The Morgan fingerprint density at radius 1 is 1.12 bits per heavy atom. The van der Waals surface area contributed by atoms with Crippen LogP contribution in [0.15, 0.2) is 58.3 Å². The van der Waals surface area contributed by atoms with Gasteiger partial charge in [0, 0.05) is 48.3 Å². The van der Waals surface area contributed by atoms with Gasteiger partial charge in [-0.3, -0.25) is 19.0 Å². The molecule has 0 unspecified atom stereocenters. The number of halogens is 4. The lowest BCUT2D eigenvalue weighted by atomic mass is 10.1. The lowest BCUT2D eigenvalue weighted by Gasteiger charge is -2.14. The highest BCUT2D eigenvalue weighted by molar-refractivity contribution is 6.30. The minimum atomic E-state index is -4.34. The second-order valence-corrected chi connectivity index (χ2v) is 7.73. The van der Waals surface area contributed by atoms with Crippen LogP contribution < -0.4 is 16.4 Å². The number of carbonyl (C=O) groups is 1. The van der Waals surface area contributed by atoms with Gasteiger partial charge in [0.2, 0.25) is 11.5 Å². The van der Waals surface area contributed by atoms with Gasteiger partial charge in [0.1, 0.15) is 12.4 Å². The lowest BCUT2D eigenvalue weighted by Crippen LogP contribution is -2.34. The van der Waals surface area contributed by atoms with E-state index in [0.717, 1.165) is 4.57 Å². The minimum absolute atomic E-state index is 0.0528. The fraction of sp³-hybridized carbons (Fsp3) is 0.273. The van der Waals surface area contributed by atoms with Crippen LogP contribution in [0.5, 0.6) is 0 Å². The number of aryl methyl sites for hydroxylation is 1. The van der Waals surface area contributed by atoms with Crippen molar-refractivity contribution in [1.29, 1.82) is 0 Å². The number of nitrogens with one attached hydrogen (secondary N) is 2. The molecule has 0 fully saturated rings. The summed E-state index contributed by atoms with van der Waals surface area (Å²) in [5, 5.41) is 3.07. The lowest BCUT2D eigenvalue weighted by molar-refractivity contribution is -0.135. The van der Waals surface area contributed by atoms with E-state index in [1.165, 1.54) is 18.3 Å². The van der Waals surface area contributed by atoms with Crippen molar-refractivity contribution in [2.45, 2.75) is 38.5 Å². The predicted octanol–water partition coefficient (Wildman–Crippen LogP) is 3.45. The van der Waals surface area contributed by atoms with E-state index in [1.807, 2.05) is 0 Å². The maximum atomic E-state index is 12.8. The smallest absolute Gasteiger partial charge is 0.350 e. The van der Waals surface area contributed by atoms with E-state index in [4.69, 9.17) is 11.6 Å². The van der Waals surface area contributed by atoms with E-state index in [9.17, 15) is 27.6 Å². The number of nitrogens with zero attached hydrogens (tertiary/aromatic N) is 2. The van der Waals surface area contributed by atoms with Crippen molar-refractivity contribution >= 4 is 17.5 Å². The van der Waals surface area contributed by atoms with Gasteiger partial charge in [-0.05, 0) is 30.2 Å². The summed E-state index contributed by atoms with van der Waals surface area (Å²) in [4.78, 5) is 43.4. The normalized spacial score (nSPS) is 11.4. The third-order valence-corrected chi connectivity index (χ3v) is 4.97. The summed E-state index contributed by atoms with van der Waals surface area (Å²) in [6, 6.07) is 10.6. The van der Waals surface area contributed by atoms with Gasteiger partial charge in [-0.15, -0.1) is 0 Å². The molecule has 0 bridgehead atoms. The highest BCUT2D eigenvalue weighted by Crippen LogP contribution is 2.23. The zero-order valence-corrected chi connectivity index (χ0v) is 18.0. The maximum absolute atomic E-state index is 12.8. The second-order valence-electron chi connectivity index (χ2n) is 7.30. The topological polar surface area (TPSA) is 96.8 Å². The summed E-state index contributed by atoms with van der Waals surface area (Å²) < 4.78 is 38.9. The van der Waals surface area contributed by atoms with Gasteiger partial charge in [0.25, 0.3) is 5.56 Å². The molecule has 11 heteroatoms. The van der Waals surface area contributed by atoms with Crippen LogP contribution in [0.4, 0.5) is 13.2 Å². The van der Waals surface area contributed by atoms with Gasteiger partial charge in [-0.1, -0.05) is 23.7 Å². The molecule has 2 aromatic heterocycles. The van der Waals surface area contributed by atoms with E-state index in [-0.39, 0.29) is 36.5 Å². The van der Waals surface area contributed by atoms with Crippen molar-refractivity contribution in [3.8, 4) is 11.3 Å². The molecule has 0 atom stereocenters. The number of rotatable bonds is 8.